The van der Waals surface area contributed by atoms with Crippen LogP contribution in [0.5, 0.6) is 0 Å². The molecule has 0 spiro atoms. The number of amides is 2. The highest BCUT2D eigenvalue weighted by atomic mass is 16.4. The van der Waals surface area contributed by atoms with E-state index in [-0.39, 0.29) is 6.42 Å². The number of aliphatic carboxylic acids is 1. The molecule has 158 valence electrons. The fourth-order valence-electron chi connectivity index (χ4n) is 2.53. The molecule has 0 unspecified atom stereocenters. The van der Waals surface area contributed by atoms with Crippen molar-refractivity contribution in [2.45, 2.75) is 69.5 Å². The average Bonchev–Trinajstić information content (AvgIpc) is 2.64. The molecule has 0 saturated heterocycles. The third kappa shape index (κ3) is 11.5. The Hall–Kier alpha value is -1.75. The van der Waals surface area contributed by atoms with E-state index in [1.165, 1.54) is 0 Å². The van der Waals surface area contributed by atoms with E-state index in [1.54, 1.807) is 0 Å². The van der Waals surface area contributed by atoms with Crippen LogP contribution in [0.4, 0.5) is 0 Å². The van der Waals surface area contributed by atoms with Gasteiger partial charge >= 0.3 is 5.97 Å². The summed E-state index contributed by atoms with van der Waals surface area (Å²) in [6.45, 7) is 1.35. The van der Waals surface area contributed by atoms with Crippen LogP contribution >= 0.6 is 0 Å². The molecule has 0 heterocycles. The van der Waals surface area contributed by atoms with Crippen molar-refractivity contribution in [3.8, 4) is 0 Å². The molecule has 2 amide bonds. The molecule has 0 aromatic heterocycles. The number of carbonyl (C=O) groups excluding carboxylic acids is 2. The highest BCUT2D eigenvalue weighted by Crippen LogP contribution is 2.06. The van der Waals surface area contributed by atoms with Crippen LogP contribution in [-0.2, 0) is 14.4 Å². The maximum absolute atomic E-state index is 12.6. The summed E-state index contributed by atoms with van der Waals surface area (Å²) in [5, 5.41) is 14.4. The van der Waals surface area contributed by atoms with Crippen LogP contribution in [0.3, 0.4) is 0 Å². The average molecular weight is 389 g/mol. The molecule has 0 aliphatic carbocycles. The van der Waals surface area contributed by atoms with Gasteiger partial charge in [0, 0.05) is 0 Å². The third-order valence-electron chi connectivity index (χ3n) is 4.20. The minimum atomic E-state index is -1.12. The summed E-state index contributed by atoms with van der Waals surface area (Å²) in [5.74, 6) is -2.11. The number of nitrogens with two attached hydrogens (primary N) is 4. The number of nitrogens with one attached hydrogen (secondary N) is 2. The van der Waals surface area contributed by atoms with Crippen LogP contribution in [0, 0.1) is 0 Å². The Balaban J connectivity index is 4.88. The highest BCUT2D eigenvalue weighted by molar-refractivity contribution is 5.91. The zero-order valence-corrected chi connectivity index (χ0v) is 16.0. The first-order valence-corrected chi connectivity index (χ1v) is 9.56. The second-order valence-corrected chi connectivity index (χ2v) is 6.57. The lowest BCUT2D eigenvalue weighted by Gasteiger charge is -2.23. The van der Waals surface area contributed by atoms with Gasteiger partial charge in [0.15, 0.2) is 0 Å². The molecule has 0 bridgehead atoms. The first kappa shape index (κ1) is 25.2. The van der Waals surface area contributed by atoms with Crippen molar-refractivity contribution < 1.29 is 19.5 Å². The third-order valence-corrected chi connectivity index (χ3v) is 4.20. The van der Waals surface area contributed by atoms with E-state index in [0.717, 1.165) is 0 Å². The largest absolute Gasteiger partial charge is 0.480 e. The fraction of sp³-hybridized carbons (Fsp3) is 0.824. The second kappa shape index (κ2) is 15.3. The number of carboxylic acids is 1. The molecule has 0 aromatic rings. The quantitative estimate of drug-likeness (QED) is 0.153. The van der Waals surface area contributed by atoms with Gasteiger partial charge in [-0.15, -0.1) is 0 Å². The van der Waals surface area contributed by atoms with Gasteiger partial charge in [-0.05, 0) is 71.0 Å². The fourth-order valence-corrected chi connectivity index (χ4v) is 2.53. The van der Waals surface area contributed by atoms with Crippen molar-refractivity contribution in [3.05, 3.63) is 0 Å². The zero-order chi connectivity index (χ0) is 20.7. The monoisotopic (exact) mass is 388 g/mol. The van der Waals surface area contributed by atoms with E-state index in [9.17, 15) is 19.5 Å². The molecule has 11 N–H and O–H groups in total. The van der Waals surface area contributed by atoms with Gasteiger partial charge in [-0.3, -0.25) is 9.59 Å². The Morgan fingerprint density at radius 3 is 1.67 bits per heavy atom. The van der Waals surface area contributed by atoms with Crippen LogP contribution in [0.1, 0.15) is 51.4 Å². The molecular weight excluding hydrogens is 352 g/mol. The van der Waals surface area contributed by atoms with Crippen molar-refractivity contribution in [2.75, 3.05) is 19.6 Å². The van der Waals surface area contributed by atoms with Crippen LogP contribution in [0.25, 0.3) is 0 Å². The summed E-state index contributed by atoms with van der Waals surface area (Å²) < 4.78 is 0. The lowest BCUT2D eigenvalue weighted by atomic mass is 10.0. The van der Waals surface area contributed by atoms with Gasteiger partial charge in [-0.2, -0.15) is 0 Å². The summed E-state index contributed by atoms with van der Waals surface area (Å²) in [5.41, 5.74) is 22.1. The zero-order valence-electron chi connectivity index (χ0n) is 16.0. The maximum atomic E-state index is 12.6. The maximum Gasteiger partial charge on any atom is 0.326 e. The second-order valence-electron chi connectivity index (χ2n) is 6.57. The van der Waals surface area contributed by atoms with Crippen molar-refractivity contribution in [3.63, 3.8) is 0 Å². The topological polar surface area (TPSA) is 200 Å². The molecule has 0 rings (SSSR count). The molecule has 0 aliphatic heterocycles. The highest BCUT2D eigenvalue weighted by Gasteiger charge is 2.27. The first-order chi connectivity index (χ1) is 12.9. The number of carbonyl (C=O) groups is 3. The van der Waals surface area contributed by atoms with Gasteiger partial charge in [0.25, 0.3) is 0 Å². The molecular formula is C17H36N6O4. The Labute approximate surface area is 160 Å². The van der Waals surface area contributed by atoms with Gasteiger partial charge in [0.05, 0.1) is 6.04 Å². The van der Waals surface area contributed by atoms with E-state index >= 15 is 0 Å². The van der Waals surface area contributed by atoms with E-state index in [1.807, 2.05) is 0 Å². The molecule has 0 saturated carbocycles. The SMILES string of the molecule is NCCCC[C@H](NC(=O)[C@H](CCCCN)NC(=O)[C@@H](N)CCCN)C(=O)O. The van der Waals surface area contributed by atoms with E-state index in [2.05, 4.69) is 10.6 Å². The predicted molar refractivity (Wildman–Crippen MR) is 104 cm³/mol. The Kier molecular flexibility index (Phi) is 14.3. The smallest absolute Gasteiger partial charge is 0.326 e. The van der Waals surface area contributed by atoms with Crippen LogP contribution in [0.2, 0.25) is 0 Å². The van der Waals surface area contributed by atoms with Crippen LogP contribution in [0.15, 0.2) is 0 Å². The van der Waals surface area contributed by atoms with Crippen LogP contribution < -0.4 is 33.6 Å². The molecule has 0 radical (unpaired) electrons. The Morgan fingerprint density at radius 1 is 0.704 bits per heavy atom. The van der Waals surface area contributed by atoms with Gasteiger partial charge in [0.2, 0.25) is 11.8 Å². The number of unbranched alkanes of at least 4 members (excludes halogenated alkanes) is 2. The van der Waals surface area contributed by atoms with Gasteiger partial charge in [-0.25, -0.2) is 4.79 Å². The van der Waals surface area contributed by atoms with Crippen LogP contribution in [-0.4, -0.2) is 60.6 Å². The van der Waals surface area contributed by atoms with Crippen molar-refractivity contribution in [1.29, 1.82) is 0 Å². The summed E-state index contributed by atoms with van der Waals surface area (Å²) in [6.07, 6.45) is 4.21. The number of hydrogen-bond acceptors (Lipinski definition) is 7. The Bertz CT molecular complexity index is 449. The molecule has 0 fully saturated rings. The summed E-state index contributed by atoms with van der Waals surface area (Å²) in [6, 6.07) is -2.65. The van der Waals surface area contributed by atoms with E-state index in [4.69, 9.17) is 22.9 Å². The van der Waals surface area contributed by atoms with Crippen molar-refractivity contribution in [2.24, 2.45) is 22.9 Å². The molecule has 0 aliphatic rings. The van der Waals surface area contributed by atoms with E-state index in [0.29, 0.717) is 64.6 Å². The summed E-state index contributed by atoms with van der Waals surface area (Å²) in [4.78, 5) is 36.1. The molecule has 10 nitrogen and oxygen atoms in total. The molecule has 3 atom stereocenters. The minimum absolute atomic E-state index is 0.276. The lowest BCUT2D eigenvalue weighted by Crippen LogP contribution is -2.54. The Morgan fingerprint density at radius 2 is 1.19 bits per heavy atom. The predicted octanol–water partition coefficient (Wildman–Crippen LogP) is -1.64. The van der Waals surface area contributed by atoms with Gasteiger partial charge < -0.3 is 38.7 Å². The standard InChI is InChI=1S/C17H36N6O4/c18-9-3-1-7-13(22-15(24)12(21)6-5-11-20)16(25)23-14(17(26)27)8-2-4-10-19/h12-14H,1-11,18-21H2,(H,22,24)(H,23,25)(H,26,27)/t12-,13-,14-/m0/s1. The number of rotatable bonds is 16. The van der Waals surface area contributed by atoms with Crippen molar-refractivity contribution in [1.82, 2.24) is 10.6 Å². The lowest BCUT2D eigenvalue weighted by molar-refractivity contribution is -0.142. The normalized spacial score (nSPS) is 14.2. The molecule has 10 heteroatoms. The molecule has 27 heavy (non-hydrogen) atoms. The number of hydrogen-bond donors (Lipinski definition) is 7. The molecule has 0 aromatic carbocycles. The first-order valence-electron chi connectivity index (χ1n) is 9.56. The summed E-state index contributed by atoms with van der Waals surface area (Å²) >= 11 is 0. The van der Waals surface area contributed by atoms with Crippen molar-refractivity contribution >= 4 is 17.8 Å². The number of carboxylic acid groups (broad SMARTS) is 1. The summed E-state index contributed by atoms with van der Waals surface area (Å²) in [7, 11) is 0. The van der Waals surface area contributed by atoms with Gasteiger partial charge in [0.1, 0.15) is 12.1 Å². The minimum Gasteiger partial charge on any atom is -0.480 e. The van der Waals surface area contributed by atoms with E-state index < -0.39 is 35.9 Å². The van der Waals surface area contributed by atoms with Gasteiger partial charge in [-0.1, -0.05) is 0 Å².